The first-order chi connectivity index (χ1) is 5.33. The molecule has 1 heterocycles. The molecular weight excluding hydrogens is 178 g/mol. The van der Waals surface area contributed by atoms with Crippen LogP contribution in [0.25, 0.3) is 0 Å². The Morgan fingerprint density at radius 2 is 2.64 bits per heavy atom. The summed E-state index contributed by atoms with van der Waals surface area (Å²) < 4.78 is 4.95. The number of hydrogen-bond acceptors (Lipinski definition) is 5. The van der Waals surface area contributed by atoms with E-state index in [4.69, 9.17) is 5.73 Å². The van der Waals surface area contributed by atoms with Gasteiger partial charge in [0.05, 0.1) is 0 Å². The molecule has 0 amide bonds. The summed E-state index contributed by atoms with van der Waals surface area (Å²) in [4.78, 5) is 4.07. The van der Waals surface area contributed by atoms with Crippen LogP contribution in [0.4, 0.5) is 0 Å². The molecule has 0 saturated carbocycles. The molecule has 1 atom stereocenters. The van der Waals surface area contributed by atoms with E-state index in [-0.39, 0.29) is 0 Å². The summed E-state index contributed by atoms with van der Waals surface area (Å²) >= 11 is 3.18. The summed E-state index contributed by atoms with van der Waals surface area (Å²) in [5.74, 6) is 0. The topological polar surface area (TPSA) is 51.8 Å². The Hall–Kier alpha value is -0.130. The van der Waals surface area contributed by atoms with Gasteiger partial charge < -0.3 is 5.73 Å². The standard InChI is InChI=1S/C6H11N3S2/c1-5(2-3-7)10-6-8-4-9-11-6/h4-5H,2-3,7H2,1H3. The lowest BCUT2D eigenvalue weighted by molar-refractivity contribution is 0.822. The lowest BCUT2D eigenvalue weighted by Gasteiger charge is -2.04. The Morgan fingerprint density at radius 3 is 3.18 bits per heavy atom. The summed E-state index contributed by atoms with van der Waals surface area (Å²) in [6.45, 7) is 2.89. The van der Waals surface area contributed by atoms with Gasteiger partial charge in [-0.1, -0.05) is 18.7 Å². The van der Waals surface area contributed by atoms with Crippen LogP contribution >= 0.6 is 23.3 Å². The molecule has 1 unspecified atom stereocenters. The van der Waals surface area contributed by atoms with Gasteiger partial charge in [-0.2, -0.15) is 4.37 Å². The smallest absolute Gasteiger partial charge is 0.170 e. The molecule has 0 radical (unpaired) electrons. The number of hydrogen-bond donors (Lipinski definition) is 1. The predicted octanol–water partition coefficient (Wildman–Crippen LogP) is 1.37. The van der Waals surface area contributed by atoms with Crippen molar-refractivity contribution in [3.8, 4) is 0 Å². The minimum Gasteiger partial charge on any atom is -0.330 e. The fourth-order valence-corrected chi connectivity index (χ4v) is 2.46. The van der Waals surface area contributed by atoms with Gasteiger partial charge in [-0.05, 0) is 24.5 Å². The molecule has 0 aliphatic carbocycles. The van der Waals surface area contributed by atoms with Crippen molar-refractivity contribution < 1.29 is 0 Å². The van der Waals surface area contributed by atoms with E-state index in [1.807, 2.05) is 0 Å². The number of rotatable bonds is 4. The second-order valence-electron chi connectivity index (χ2n) is 2.21. The molecule has 1 aromatic heterocycles. The molecule has 62 valence electrons. The zero-order valence-corrected chi connectivity index (χ0v) is 7.99. The van der Waals surface area contributed by atoms with Crippen LogP contribution in [0.3, 0.4) is 0 Å². The van der Waals surface area contributed by atoms with Crippen LogP contribution < -0.4 is 5.73 Å². The molecule has 11 heavy (non-hydrogen) atoms. The Labute approximate surface area is 74.6 Å². The molecular formula is C6H11N3S2. The summed E-state index contributed by atoms with van der Waals surface area (Å²) in [7, 11) is 0. The van der Waals surface area contributed by atoms with E-state index in [9.17, 15) is 0 Å². The lowest BCUT2D eigenvalue weighted by atomic mass is 10.3. The van der Waals surface area contributed by atoms with Gasteiger partial charge in [0.1, 0.15) is 6.33 Å². The predicted molar refractivity (Wildman–Crippen MR) is 48.9 cm³/mol. The molecule has 3 nitrogen and oxygen atoms in total. The van der Waals surface area contributed by atoms with Crippen molar-refractivity contribution in [1.29, 1.82) is 0 Å². The molecule has 5 heteroatoms. The van der Waals surface area contributed by atoms with Gasteiger partial charge in [0, 0.05) is 5.25 Å². The maximum atomic E-state index is 5.41. The lowest BCUT2D eigenvalue weighted by Crippen LogP contribution is -2.06. The Kier molecular flexibility index (Phi) is 3.82. The molecule has 0 aliphatic rings. The zero-order valence-electron chi connectivity index (χ0n) is 6.36. The first kappa shape index (κ1) is 8.96. The summed E-state index contributed by atoms with van der Waals surface area (Å²) in [6, 6.07) is 0. The number of aromatic nitrogens is 2. The van der Waals surface area contributed by atoms with Crippen molar-refractivity contribution in [2.24, 2.45) is 5.73 Å². The number of nitrogens with two attached hydrogens (primary N) is 1. The van der Waals surface area contributed by atoms with Crippen LogP contribution in [-0.2, 0) is 0 Å². The van der Waals surface area contributed by atoms with Crippen LogP contribution in [0, 0.1) is 0 Å². The molecule has 0 saturated heterocycles. The highest BCUT2D eigenvalue weighted by molar-refractivity contribution is 8.01. The van der Waals surface area contributed by atoms with Crippen LogP contribution in [0.1, 0.15) is 13.3 Å². The van der Waals surface area contributed by atoms with Crippen LogP contribution in [0.2, 0.25) is 0 Å². The third-order valence-corrected chi connectivity index (χ3v) is 3.13. The maximum Gasteiger partial charge on any atom is 0.170 e. The first-order valence-corrected chi connectivity index (χ1v) is 5.11. The molecule has 0 aliphatic heterocycles. The molecule has 0 fully saturated rings. The van der Waals surface area contributed by atoms with E-state index >= 15 is 0 Å². The van der Waals surface area contributed by atoms with Crippen molar-refractivity contribution in [2.45, 2.75) is 22.9 Å². The first-order valence-electron chi connectivity index (χ1n) is 3.46. The van der Waals surface area contributed by atoms with Crippen molar-refractivity contribution in [3.63, 3.8) is 0 Å². The van der Waals surface area contributed by atoms with Gasteiger partial charge in [0.25, 0.3) is 0 Å². The van der Waals surface area contributed by atoms with Crippen LogP contribution in [-0.4, -0.2) is 21.2 Å². The fraction of sp³-hybridized carbons (Fsp3) is 0.667. The van der Waals surface area contributed by atoms with E-state index in [1.54, 1.807) is 18.1 Å². The van der Waals surface area contributed by atoms with Gasteiger partial charge in [-0.15, -0.1) is 0 Å². The highest BCUT2D eigenvalue weighted by atomic mass is 32.2. The monoisotopic (exact) mass is 189 g/mol. The molecule has 1 rings (SSSR count). The SMILES string of the molecule is CC(CCN)Sc1ncns1. The average molecular weight is 189 g/mol. The zero-order chi connectivity index (χ0) is 8.10. The van der Waals surface area contributed by atoms with Crippen molar-refractivity contribution in [1.82, 2.24) is 9.36 Å². The largest absolute Gasteiger partial charge is 0.330 e. The van der Waals surface area contributed by atoms with Gasteiger partial charge in [-0.3, -0.25) is 0 Å². The third-order valence-electron chi connectivity index (χ3n) is 1.22. The van der Waals surface area contributed by atoms with Gasteiger partial charge in [-0.25, -0.2) is 4.98 Å². The normalized spacial score (nSPS) is 13.3. The Morgan fingerprint density at radius 1 is 1.82 bits per heavy atom. The second-order valence-corrected chi connectivity index (χ2v) is 4.68. The fourth-order valence-electron chi connectivity index (χ4n) is 0.681. The van der Waals surface area contributed by atoms with Crippen LogP contribution in [0.5, 0.6) is 0 Å². The molecule has 0 bridgehead atoms. The number of thioether (sulfide) groups is 1. The summed E-state index contributed by atoms with van der Waals surface area (Å²) in [5.41, 5.74) is 5.41. The van der Waals surface area contributed by atoms with E-state index in [2.05, 4.69) is 16.3 Å². The molecule has 0 aromatic carbocycles. The molecule has 1 aromatic rings. The highest BCUT2D eigenvalue weighted by Crippen LogP contribution is 2.24. The average Bonchev–Trinajstić information content (AvgIpc) is 2.40. The molecule has 2 N–H and O–H groups in total. The minimum atomic E-state index is 0.549. The van der Waals surface area contributed by atoms with E-state index in [0.29, 0.717) is 5.25 Å². The van der Waals surface area contributed by atoms with Crippen molar-refractivity contribution >= 4 is 23.3 Å². The van der Waals surface area contributed by atoms with Crippen molar-refractivity contribution in [3.05, 3.63) is 6.33 Å². The van der Waals surface area contributed by atoms with E-state index in [1.165, 1.54) is 11.5 Å². The highest BCUT2D eigenvalue weighted by Gasteiger charge is 2.04. The minimum absolute atomic E-state index is 0.549. The summed E-state index contributed by atoms with van der Waals surface area (Å²) in [5, 5.41) is 0.549. The second kappa shape index (κ2) is 4.69. The van der Waals surface area contributed by atoms with E-state index < -0.39 is 0 Å². The van der Waals surface area contributed by atoms with Gasteiger partial charge in [0.15, 0.2) is 4.34 Å². The van der Waals surface area contributed by atoms with E-state index in [0.717, 1.165) is 17.3 Å². The van der Waals surface area contributed by atoms with Gasteiger partial charge >= 0.3 is 0 Å². The Bertz CT molecular complexity index is 188. The molecule has 0 spiro atoms. The summed E-state index contributed by atoms with van der Waals surface area (Å²) in [6.07, 6.45) is 2.62. The Balaban J connectivity index is 2.31. The van der Waals surface area contributed by atoms with Crippen molar-refractivity contribution in [2.75, 3.05) is 6.54 Å². The third kappa shape index (κ3) is 3.18. The van der Waals surface area contributed by atoms with Crippen LogP contribution in [0.15, 0.2) is 10.7 Å². The van der Waals surface area contributed by atoms with Gasteiger partial charge in [0.2, 0.25) is 0 Å². The number of nitrogens with zero attached hydrogens (tertiary/aromatic N) is 2. The maximum absolute atomic E-state index is 5.41. The quantitative estimate of drug-likeness (QED) is 0.727.